The van der Waals surface area contributed by atoms with E-state index in [1.807, 2.05) is 6.20 Å². The maximum atomic E-state index is 3.87. The fraction of sp³-hybridized carbons (Fsp3) is 0.818. The van der Waals surface area contributed by atoms with Crippen molar-refractivity contribution in [3.05, 3.63) is 6.20 Å². The second-order valence-corrected chi connectivity index (χ2v) is 5.58. The number of nitrogens with zero attached hydrogens (tertiary/aromatic N) is 2. The Morgan fingerprint density at radius 3 is 3.00 bits per heavy atom. The predicted octanol–water partition coefficient (Wildman–Crippen LogP) is 3.16. The topological polar surface area (TPSA) is 37.8 Å². The molecule has 1 fully saturated rings. The van der Waals surface area contributed by atoms with E-state index in [1.54, 1.807) is 0 Å². The molecule has 1 aliphatic carbocycles. The Bertz CT molecular complexity index is 284. The lowest BCUT2D eigenvalue weighted by Crippen LogP contribution is -2.29. The summed E-state index contributed by atoms with van der Waals surface area (Å²) < 4.78 is 3.87. The molecule has 0 radical (unpaired) electrons. The van der Waals surface area contributed by atoms with Crippen molar-refractivity contribution in [1.29, 1.82) is 0 Å². The molecule has 2 atom stereocenters. The van der Waals surface area contributed by atoms with Gasteiger partial charge in [-0.3, -0.25) is 0 Å². The van der Waals surface area contributed by atoms with Gasteiger partial charge in [0, 0.05) is 17.6 Å². The lowest BCUT2D eigenvalue weighted by molar-refractivity contribution is 0.264. The van der Waals surface area contributed by atoms with Crippen molar-refractivity contribution in [3.63, 3.8) is 0 Å². The summed E-state index contributed by atoms with van der Waals surface area (Å²) in [5, 5.41) is 8.50. The van der Waals surface area contributed by atoms with Crippen molar-refractivity contribution in [1.82, 2.24) is 9.59 Å². The molecule has 1 N–H and O–H groups in total. The summed E-state index contributed by atoms with van der Waals surface area (Å²) >= 11 is 1.45. The minimum absolute atomic E-state index is 0.633. The van der Waals surface area contributed by atoms with E-state index >= 15 is 0 Å². The normalized spacial score (nSPS) is 26.9. The number of nitrogens with one attached hydrogen (secondary N) is 1. The average Bonchev–Trinajstić information content (AvgIpc) is 2.71. The summed E-state index contributed by atoms with van der Waals surface area (Å²) in [5.74, 6) is 1.70. The standard InChI is InChI=1S/C11H19N3S/c1-8(2)9-4-3-5-10(6-9)13-11-7-12-14-15-11/h7-10,13H,3-6H2,1-2H3. The van der Waals surface area contributed by atoms with E-state index in [0.29, 0.717) is 6.04 Å². The fourth-order valence-corrected chi connectivity index (χ4v) is 2.89. The van der Waals surface area contributed by atoms with E-state index in [4.69, 9.17) is 0 Å². The van der Waals surface area contributed by atoms with Crippen molar-refractivity contribution in [2.24, 2.45) is 11.8 Å². The highest BCUT2D eigenvalue weighted by atomic mass is 32.1. The largest absolute Gasteiger partial charge is 0.372 e. The molecule has 0 spiro atoms. The van der Waals surface area contributed by atoms with E-state index in [-0.39, 0.29) is 0 Å². The van der Waals surface area contributed by atoms with Crippen molar-refractivity contribution in [2.75, 3.05) is 5.32 Å². The highest BCUT2D eigenvalue weighted by molar-refractivity contribution is 7.09. The first-order valence-electron chi connectivity index (χ1n) is 5.79. The van der Waals surface area contributed by atoms with Gasteiger partial charge in [0.2, 0.25) is 0 Å². The molecule has 1 aliphatic rings. The highest BCUT2D eigenvalue weighted by Crippen LogP contribution is 2.31. The van der Waals surface area contributed by atoms with Crippen LogP contribution in [0.5, 0.6) is 0 Å². The number of aromatic nitrogens is 2. The van der Waals surface area contributed by atoms with Crippen LogP contribution in [0, 0.1) is 11.8 Å². The first-order valence-corrected chi connectivity index (χ1v) is 6.57. The summed E-state index contributed by atoms with van der Waals surface area (Å²) in [5.41, 5.74) is 0. The third-order valence-corrected chi connectivity index (χ3v) is 3.96. The van der Waals surface area contributed by atoms with Gasteiger partial charge in [-0.05, 0) is 24.7 Å². The molecule has 0 aliphatic heterocycles. The van der Waals surface area contributed by atoms with Gasteiger partial charge in [-0.1, -0.05) is 31.2 Å². The molecule has 0 saturated heterocycles. The van der Waals surface area contributed by atoms with Gasteiger partial charge >= 0.3 is 0 Å². The third-order valence-electron chi connectivity index (χ3n) is 3.37. The number of rotatable bonds is 3. The minimum Gasteiger partial charge on any atom is -0.372 e. The highest BCUT2D eigenvalue weighted by Gasteiger charge is 2.24. The maximum absolute atomic E-state index is 3.87. The van der Waals surface area contributed by atoms with E-state index in [1.165, 1.54) is 37.2 Å². The van der Waals surface area contributed by atoms with Crippen LogP contribution in [0.15, 0.2) is 6.20 Å². The molecule has 0 amide bonds. The van der Waals surface area contributed by atoms with E-state index in [2.05, 4.69) is 28.8 Å². The molecular formula is C11H19N3S. The molecule has 0 aromatic carbocycles. The smallest absolute Gasteiger partial charge is 0.130 e. The monoisotopic (exact) mass is 225 g/mol. The zero-order valence-corrected chi connectivity index (χ0v) is 10.3. The first kappa shape index (κ1) is 10.9. The maximum Gasteiger partial charge on any atom is 0.130 e. The molecule has 1 aromatic heterocycles. The Balaban J connectivity index is 1.88. The van der Waals surface area contributed by atoms with Crippen LogP contribution < -0.4 is 5.32 Å². The Morgan fingerprint density at radius 2 is 2.33 bits per heavy atom. The SMILES string of the molecule is CC(C)C1CCCC(Nc2cnns2)C1. The summed E-state index contributed by atoms with van der Waals surface area (Å²) in [7, 11) is 0. The number of hydrogen-bond acceptors (Lipinski definition) is 4. The molecule has 2 unspecified atom stereocenters. The van der Waals surface area contributed by atoms with Crippen LogP contribution >= 0.6 is 11.5 Å². The third kappa shape index (κ3) is 2.91. The van der Waals surface area contributed by atoms with Gasteiger partial charge < -0.3 is 5.32 Å². The molecule has 4 heteroatoms. The number of hydrogen-bond donors (Lipinski definition) is 1. The molecule has 84 valence electrons. The quantitative estimate of drug-likeness (QED) is 0.858. The Labute approximate surface area is 95.4 Å². The van der Waals surface area contributed by atoms with Crippen LogP contribution in [0.3, 0.4) is 0 Å². The summed E-state index contributed by atoms with van der Waals surface area (Å²) in [4.78, 5) is 0. The van der Waals surface area contributed by atoms with Crippen LogP contribution in [0.4, 0.5) is 5.00 Å². The van der Waals surface area contributed by atoms with Gasteiger partial charge in [-0.25, -0.2) is 0 Å². The fourth-order valence-electron chi connectivity index (χ4n) is 2.40. The average molecular weight is 225 g/mol. The first-order chi connectivity index (χ1) is 7.25. The van der Waals surface area contributed by atoms with E-state index in [0.717, 1.165) is 16.8 Å². The van der Waals surface area contributed by atoms with Crippen LogP contribution in [-0.4, -0.2) is 15.6 Å². The van der Waals surface area contributed by atoms with Crippen LogP contribution in [0.25, 0.3) is 0 Å². The molecule has 15 heavy (non-hydrogen) atoms. The molecule has 3 nitrogen and oxygen atoms in total. The van der Waals surface area contributed by atoms with Gasteiger partial charge in [0.1, 0.15) is 5.00 Å². The second kappa shape index (κ2) is 4.92. The van der Waals surface area contributed by atoms with Crippen LogP contribution in [0.2, 0.25) is 0 Å². The van der Waals surface area contributed by atoms with E-state index in [9.17, 15) is 0 Å². The van der Waals surface area contributed by atoms with Gasteiger partial charge in [0.15, 0.2) is 0 Å². The Hall–Kier alpha value is -0.640. The van der Waals surface area contributed by atoms with E-state index < -0.39 is 0 Å². The summed E-state index contributed by atoms with van der Waals surface area (Å²) in [6.07, 6.45) is 7.17. The van der Waals surface area contributed by atoms with Crippen LogP contribution in [-0.2, 0) is 0 Å². The Kier molecular flexibility index (Phi) is 3.57. The van der Waals surface area contributed by atoms with Gasteiger partial charge in [0.25, 0.3) is 0 Å². The second-order valence-electron chi connectivity index (χ2n) is 4.79. The van der Waals surface area contributed by atoms with Gasteiger partial charge in [-0.15, -0.1) is 5.10 Å². The molecule has 1 saturated carbocycles. The lowest BCUT2D eigenvalue weighted by Gasteiger charge is -2.32. The molecule has 1 aromatic rings. The molecule has 1 heterocycles. The van der Waals surface area contributed by atoms with Crippen molar-refractivity contribution in [3.8, 4) is 0 Å². The van der Waals surface area contributed by atoms with Crippen molar-refractivity contribution in [2.45, 2.75) is 45.6 Å². The zero-order valence-electron chi connectivity index (χ0n) is 9.44. The number of anilines is 1. The van der Waals surface area contributed by atoms with Crippen LogP contribution in [0.1, 0.15) is 39.5 Å². The van der Waals surface area contributed by atoms with Crippen molar-refractivity contribution < 1.29 is 0 Å². The molecule has 2 rings (SSSR count). The predicted molar refractivity (Wildman–Crippen MR) is 64.1 cm³/mol. The minimum atomic E-state index is 0.633. The van der Waals surface area contributed by atoms with Gasteiger partial charge in [-0.2, -0.15) is 0 Å². The summed E-state index contributed by atoms with van der Waals surface area (Å²) in [6.45, 7) is 4.67. The Morgan fingerprint density at radius 1 is 1.47 bits per heavy atom. The zero-order chi connectivity index (χ0) is 10.7. The molecular weight excluding hydrogens is 206 g/mol. The lowest BCUT2D eigenvalue weighted by atomic mass is 9.79. The van der Waals surface area contributed by atoms with Gasteiger partial charge in [0.05, 0.1) is 6.20 Å². The summed E-state index contributed by atoms with van der Waals surface area (Å²) in [6, 6.07) is 0.633. The molecule has 0 bridgehead atoms. The van der Waals surface area contributed by atoms with Crippen molar-refractivity contribution >= 4 is 16.5 Å².